The van der Waals surface area contributed by atoms with Crippen LogP contribution in [0.5, 0.6) is 5.75 Å². The average Bonchev–Trinajstić information content (AvgIpc) is 3.45. The molecule has 0 atom stereocenters. The molecule has 0 saturated carbocycles. The maximum atomic E-state index is 13.9. The number of nitrogen functional groups attached to an aromatic ring is 1. The minimum atomic E-state index is -3.80. The lowest BCUT2D eigenvalue weighted by Crippen LogP contribution is -2.50. The van der Waals surface area contributed by atoms with Crippen LogP contribution in [0.2, 0.25) is 10.0 Å². The molecule has 3 heterocycles. The van der Waals surface area contributed by atoms with Crippen LogP contribution in [0.25, 0.3) is 11.3 Å². The number of hydrogen-bond acceptors (Lipinski definition) is 8. The molecule has 1 saturated heterocycles. The summed E-state index contributed by atoms with van der Waals surface area (Å²) >= 11 is 12.2. The van der Waals surface area contributed by atoms with Gasteiger partial charge in [-0.2, -0.15) is 0 Å². The third kappa shape index (κ3) is 5.19. The Bertz CT molecular complexity index is 1590. The van der Waals surface area contributed by atoms with E-state index in [0.717, 1.165) is 0 Å². The molecule has 0 unspecified atom stereocenters. The molecule has 4 aromatic rings. The number of pyridine rings is 1. The van der Waals surface area contributed by atoms with Crippen LogP contribution in [0.1, 0.15) is 18.4 Å². The molecule has 0 spiro atoms. The van der Waals surface area contributed by atoms with E-state index in [-0.39, 0.29) is 34.5 Å². The van der Waals surface area contributed by atoms with Gasteiger partial charge >= 0.3 is 0 Å². The number of hydrogen-bond donors (Lipinski definition) is 2. The number of halogens is 3. The first kappa shape index (κ1) is 27.3. The second-order valence-electron chi connectivity index (χ2n) is 9.09. The molecule has 5 rings (SSSR count). The Morgan fingerprint density at radius 3 is 2.62 bits per heavy atom. The summed E-state index contributed by atoms with van der Waals surface area (Å²) in [6.07, 6.45) is 4.01. The van der Waals surface area contributed by atoms with Gasteiger partial charge < -0.3 is 15.8 Å². The summed E-state index contributed by atoms with van der Waals surface area (Å²) in [6, 6.07) is 12.6. The largest absolute Gasteiger partial charge is 0.489 e. The van der Waals surface area contributed by atoms with Crippen LogP contribution in [0.4, 0.5) is 10.2 Å². The number of piperidine rings is 1. The molecule has 2 aromatic carbocycles. The van der Waals surface area contributed by atoms with Crippen molar-refractivity contribution < 1.29 is 17.5 Å². The molecule has 1 aliphatic rings. The molecule has 3 N–H and O–H groups in total. The van der Waals surface area contributed by atoms with Gasteiger partial charge in [-0.1, -0.05) is 46.6 Å². The Morgan fingerprint density at radius 1 is 1.13 bits per heavy atom. The monoisotopic (exact) mass is 590 g/mol. The molecular formula is C26H25Cl2FN6O3S. The Kier molecular flexibility index (Phi) is 7.77. The summed E-state index contributed by atoms with van der Waals surface area (Å²) in [5.41, 5.74) is 7.39. The zero-order chi connectivity index (χ0) is 27.6. The van der Waals surface area contributed by atoms with Crippen molar-refractivity contribution in [3.8, 4) is 17.0 Å². The van der Waals surface area contributed by atoms with E-state index in [9.17, 15) is 12.8 Å². The van der Waals surface area contributed by atoms with Gasteiger partial charge in [0.15, 0.2) is 16.4 Å². The van der Waals surface area contributed by atoms with Crippen LogP contribution < -0.4 is 15.8 Å². The van der Waals surface area contributed by atoms with E-state index in [1.165, 1.54) is 23.0 Å². The molecule has 2 aromatic heterocycles. The van der Waals surface area contributed by atoms with Gasteiger partial charge in [0.05, 0.1) is 22.7 Å². The molecule has 9 nitrogen and oxygen atoms in total. The smallest absolute Gasteiger partial charge is 0.204 e. The first-order chi connectivity index (χ1) is 18.7. The van der Waals surface area contributed by atoms with Gasteiger partial charge in [0.1, 0.15) is 11.5 Å². The number of aromatic nitrogens is 4. The van der Waals surface area contributed by atoms with E-state index in [1.54, 1.807) is 42.6 Å². The van der Waals surface area contributed by atoms with Crippen molar-refractivity contribution >= 4 is 38.9 Å². The highest BCUT2D eigenvalue weighted by molar-refractivity contribution is 7.92. The fraction of sp³-hybridized carbons (Fsp3) is 0.269. The summed E-state index contributed by atoms with van der Waals surface area (Å²) in [5, 5.41) is 12.0. The number of sulfone groups is 1. The van der Waals surface area contributed by atoms with Crippen molar-refractivity contribution in [2.45, 2.75) is 29.0 Å². The second kappa shape index (κ2) is 11.1. The Labute approximate surface area is 235 Å². The Balaban J connectivity index is 1.41. The molecule has 204 valence electrons. The molecular weight excluding hydrogens is 566 g/mol. The van der Waals surface area contributed by atoms with Crippen molar-refractivity contribution in [3.63, 3.8) is 0 Å². The number of ether oxygens (including phenoxy) is 1. The topological polar surface area (TPSA) is 125 Å². The maximum Gasteiger partial charge on any atom is 0.204 e. The van der Waals surface area contributed by atoms with Crippen molar-refractivity contribution in [2.24, 2.45) is 0 Å². The van der Waals surface area contributed by atoms with Gasteiger partial charge in [0.2, 0.25) is 9.84 Å². The lowest BCUT2D eigenvalue weighted by atomic mass is 10.1. The zero-order valence-electron chi connectivity index (χ0n) is 20.6. The minimum absolute atomic E-state index is 0.0557. The highest BCUT2D eigenvalue weighted by atomic mass is 35.5. The van der Waals surface area contributed by atoms with E-state index in [2.05, 4.69) is 20.6 Å². The van der Waals surface area contributed by atoms with E-state index < -0.39 is 20.5 Å². The summed E-state index contributed by atoms with van der Waals surface area (Å²) < 4.78 is 48.8. The summed E-state index contributed by atoms with van der Waals surface area (Å²) in [5.74, 6) is -0.147. The molecule has 0 amide bonds. The number of nitrogens with zero attached hydrogens (tertiary/aromatic N) is 4. The second-order valence-corrected chi connectivity index (χ2v) is 12.1. The van der Waals surface area contributed by atoms with E-state index in [1.807, 2.05) is 0 Å². The van der Waals surface area contributed by atoms with Crippen LogP contribution >= 0.6 is 23.2 Å². The first-order valence-electron chi connectivity index (χ1n) is 12.2. The van der Waals surface area contributed by atoms with Gasteiger partial charge in [-0.05, 0) is 61.8 Å². The van der Waals surface area contributed by atoms with Crippen molar-refractivity contribution in [2.75, 3.05) is 25.4 Å². The molecule has 0 radical (unpaired) electrons. The van der Waals surface area contributed by atoms with Crippen molar-refractivity contribution in [3.05, 3.63) is 82.4 Å². The minimum Gasteiger partial charge on any atom is -0.489 e. The lowest BCUT2D eigenvalue weighted by molar-refractivity contribution is 0.275. The summed E-state index contributed by atoms with van der Waals surface area (Å²) in [7, 11) is -3.80. The lowest BCUT2D eigenvalue weighted by Gasteiger charge is -2.36. The van der Waals surface area contributed by atoms with E-state index in [4.69, 9.17) is 33.7 Å². The number of benzene rings is 2. The van der Waals surface area contributed by atoms with Crippen LogP contribution in [0, 0.1) is 5.82 Å². The molecule has 0 bridgehead atoms. The fourth-order valence-electron chi connectivity index (χ4n) is 4.62. The van der Waals surface area contributed by atoms with Gasteiger partial charge in [-0.15, -0.1) is 5.10 Å². The van der Waals surface area contributed by atoms with Crippen LogP contribution in [-0.4, -0.2) is 48.1 Å². The fourth-order valence-corrected chi connectivity index (χ4v) is 7.22. The number of rotatable bonds is 8. The standard InChI is InChI=1S/C26H25Cl2FN6O3S/c27-20-6-7-21(29)24(28)19(20)8-13-38-23-14-17(15-32-25(23)30)22-16-35(34-33-22)26(9-11-31-12-10-26)39(36,37)18-4-2-1-3-5-18/h1-7,14-16,31H,8-13H2,(H2,30,32). The highest BCUT2D eigenvalue weighted by Gasteiger charge is 2.48. The Hall–Kier alpha value is -3.25. The molecule has 0 aliphatic carbocycles. The van der Waals surface area contributed by atoms with Crippen LogP contribution in [-0.2, 0) is 21.1 Å². The number of nitrogens with one attached hydrogen (secondary N) is 1. The summed E-state index contributed by atoms with van der Waals surface area (Å²) in [4.78, 5) is 3.13. The third-order valence-corrected chi connectivity index (χ3v) is 10.0. The molecule has 1 fully saturated rings. The van der Waals surface area contributed by atoms with E-state index in [0.29, 0.717) is 47.8 Å². The van der Waals surface area contributed by atoms with Crippen molar-refractivity contribution in [1.82, 2.24) is 25.3 Å². The van der Waals surface area contributed by atoms with Gasteiger partial charge in [-0.3, -0.25) is 0 Å². The van der Waals surface area contributed by atoms with Crippen molar-refractivity contribution in [1.29, 1.82) is 0 Å². The van der Waals surface area contributed by atoms with Crippen LogP contribution in [0.15, 0.2) is 65.8 Å². The normalized spacial score (nSPS) is 15.3. The predicted molar refractivity (Wildman–Crippen MR) is 147 cm³/mol. The zero-order valence-corrected chi connectivity index (χ0v) is 23.0. The number of nitrogens with two attached hydrogens (primary N) is 1. The highest BCUT2D eigenvalue weighted by Crippen LogP contribution is 2.38. The quantitative estimate of drug-likeness (QED) is 0.287. The molecule has 13 heteroatoms. The van der Waals surface area contributed by atoms with Gasteiger partial charge in [0.25, 0.3) is 0 Å². The molecule has 39 heavy (non-hydrogen) atoms. The van der Waals surface area contributed by atoms with Gasteiger partial charge in [0, 0.05) is 23.2 Å². The number of anilines is 1. The van der Waals surface area contributed by atoms with Crippen LogP contribution in [0.3, 0.4) is 0 Å². The SMILES string of the molecule is Nc1ncc(-c2cn(C3(S(=O)(=O)c4ccccc4)CCNCC3)nn2)cc1OCCc1c(Cl)ccc(F)c1Cl. The maximum absolute atomic E-state index is 13.9. The van der Waals surface area contributed by atoms with E-state index >= 15 is 0 Å². The molecule has 1 aliphatic heterocycles. The predicted octanol–water partition coefficient (Wildman–Crippen LogP) is 4.50. The third-order valence-electron chi connectivity index (χ3n) is 6.78. The Morgan fingerprint density at radius 2 is 1.87 bits per heavy atom. The first-order valence-corrected chi connectivity index (χ1v) is 14.4. The van der Waals surface area contributed by atoms with Gasteiger partial charge in [-0.25, -0.2) is 22.5 Å². The average molecular weight is 591 g/mol. The summed E-state index contributed by atoms with van der Waals surface area (Å²) in [6.45, 7) is 1.14.